The molecule has 2 aromatic heterocycles. The van der Waals surface area contributed by atoms with Crippen LogP contribution in [0.15, 0.2) is 28.9 Å². The van der Waals surface area contributed by atoms with Gasteiger partial charge in [0.2, 0.25) is 0 Å². The number of halogens is 2. The lowest BCUT2D eigenvalue weighted by atomic mass is 10.2. The molecule has 0 bridgehead atoms. The van der Waals surface area contributed by atoms with Crippen molar-refractivity contribution in [2.45, 2.75) is 19.4 Å². The van der Waals surface area contributed by atoms with E-state index in [2.05, 4.69) is 15.7 Å². The Morgan fingerprint density at radius 3 is 2.74 bits per heavy atom. The molecule has 1 atom stereocenters. The van der Waals surface area contributed by atoms with Crippen LogP contribution in [0.2, 0.25) is 10.0 Å². The summed E-state index contributed by atoms with van der Waals surface area (Å²) in [5.74, 6) is 7.12. The molecule has 2 rings (SSSR count). The average molecular weight is 301 g/mol. The highest BCUT2D eigenvalue weighted by molar-refractivity contribution is 6.37. The molecule has 0 fully saturated rings. The summed E-state index contributed by atoms with van der Waals surface area (Å²) in [6, 6.07) is 5.46. The first-order chi connectivity index (χ1) is 9.10. The van der Waals surface area contributed by atoms with E-state index in [4.69, 9.17) is 33.5 Å². The largest absolute Gasteiger partial charge is 0.469 e. The van der Waals surface area contributed by atoms with Gasteiger partial charge in [-0.3, -0.25) is 0 Å². The van der Waals surface area contributed by atoms with Crippen LogP contribution < -0.4 is 16.6 Å². The highest BCUT2D eigenvalue weighted by Gasteiger charge is 2.12. The topological polar surface area (TPSA) is 76.1 Å². The van der Waals surface area contributed by atoms with E-state index in [1.807, 2.05) is 19.1 Å². The summed E-state index contributed by atoms with van der Waals surface area (Å²) in [5.41, 5.74) is 2.42. The number of hydrazine groups is 1. The van der Waals surface area contributed by atoms with Crippen LogP contribution in [0.1, 0.15) is 12.7 Å². The van der Waals surface area contributed by atoms with Crippen molar-refractivity contribution in [3.63, 3.8) is 0 Å². The van der Waals surface area contributed by atoms with E-state index in [-0.39, 0.29) is 6.04 Å². The number of hydrogen-bond donors (Lipinski definition) is 3. The number of rotatable bonds is 5. The van der Waals surface area contributed by atoms with Crippen molar-refractivity contribution >= 4 is 34.8 Å². The molecule has 0 aliphatic carbocycles. The Morgan fingerprint density at radius 1 is 1.37 bits per heavy atom. The molecule has 0 radical (unpaired) electrons. The van der Waals surface area contributed by atoms with Gasteiger partial charge in [0.1, 0.15) is 11.6 Å². The lowest BCUT2D eigenvalue weighted by Crippen LogP contribution is -2.20. The molecule has 7 heteroatoms. The monoisotopic (exact) mass is 300 g/mol. The van der Waals surface area contributed by atoms with Crippen LogP contribution in [-0.2, 0) is 6.42 Å². The maximum absolute atomic E-state index is 6.08. The van der Waals surface area contributed by atoms with Crippen LogP contribution in [0, 0.1) is 0 Å². The SMILES string of the molecule is CC(Cc1ccco1)Nc1nc(NN)c(Cl)cc1Cl. The fourth-order valence-electron chi connectivity index (χ4n) is 1.68. The molecule has 0 amide bonds. The van der Waals surface area contributed by atoms with Gasteiger partial charge in [0.05, 0.1) is 16.3 Å². The summed E-state index contributed by atoms with van der Waals surface area (Å²) >= 11 is 12.0. The predicted molar refractivity (Wildman–Crippen MR) is 77.6 cm³/mol. The third kappa shape index (κ3) is 3.53. The van der Waals surface area contributed by atoms with Crippen LogP contribution in [0.3, 0.4) is 0 Å². The van der Waals surface area contributed by atoms with Crippen LogP contribution in [-0.4, -0.2) is 11.0 Å². The van der Waals surface area contributed by atoms with Crippen LogP contribution in [0.25, 0.3) is 0 Å². The van der Waals surface area contributed by atoms with Gasteiger partial charge in [-0.15, -0.1) is 0 Å². The molecule has 1 unspecified atom stereocenters. The first-order valence-corrected chi connectivity index (χ1v) is 6.47. The van der Waals surface area contributed by atoms with Gasteiger partial charge < -0.3 is 15.2 Å². The van der Waals surface area contributed by atoms with Gasteiger partial charge in [-0.05, 0) is 25.1 Å². The Balaban J connectivity index is 2.09. The molecule has 0 aliphatic rings. The van der Waals surface area contributed by atoms with E-state index < -0.39 is 0 Å². The number of nitrogens with zero attached hydrogens (tertiary/aromatic N) is 1. The summed E-state index contributed by atoms with van der Waals surface area (Å²) in [6.07, 6.45) is 2.37. The summed E-state index contributed by atoms with van der Waals surface area (Å²) in [6.45, 7) is 2.00. The van der Waals surface area contributed by atoms with Crippen molar-refractivity contribution in [2.24, 2.45) is 5.84 Å². The zero-order chi connectivity index (χ0) is 13.8. The molecule has 0 aromatic carbocycles. The van der Waals surface area contributed by atoms with E-state index >= 15 is 0 Å². The fraction of sp³-hybridized carbons (Fsp3) is 0.250. The molecule has 0 saturated carbocycles. The van der Waals surface area contributed by atoms with Gasteiger partial charge in [0, 0.05) is 12.5 Å². The van der Waals surface area contributed by atoms with Crippen molar-refractivity contribution in [3.05, 3.63) is 40.3 Å². The second kappa shape index (κ2) is 6.14. The molecule has 5 nitrogen and oxygen atoms in total. The molecule has 0 aliphatic heterocycles. The first kappa shape index (κ1) is 14.0. The fourth-order valence-corrected chi connectivity index (χ4v) is 2.15. The minimum Gasteiger partial charge on any atom is -0.469 e. The molecule has 2 heterocycles. The highest BCUT2D eigenvalue weighted by Crippen LogP contribution is 2.29. The first-order valence-electron chi connectivity index (χ1n) is 5.71. The number of hydrogen-bond acceptors (Lipinski definition) is 5. The molecule has 0 spiro atoms. The highest BCUT2D eigenvalue weighted by atomic mass is 35.5. The molecule has 102 valence electrons. The van der Waals surface area contributed by atoms with E-state index in [0.29, 0.717) is 21.7 Å². The van der Waals surface area contributed by atoms with Crippen LogP contribution in [0.4, 0.5) is 11.6 Å². The van der Waals surface area contributed by atoms with Gasteiger partial charge in [0.15, 0.2) is 5.82 Å². The smallest absolute Gasteiger partial charge is 0.161 e. The third-order valence-electron chi connectivity index (χ3n) is 2.54. The Kier molecular flexibility index (Phi) is 4.52. The summed E-state index contributed by atoms with van der Waals surface area (Å²) in [4.78, 5) is 4.22. The normalized spacial score (nSPS) is 12.2. The Labute approximate surface area is 121 Å². The second-order valence-corrected chi connectivity index (χ2v) is 4.94. The number of furan rings is 1. The molecule has 2 aromatic rings. The maximum Gasteiger partial charge on any atom is 0.161 e. The molecular formula is C12H14Cl2N4O. The number of anilines is 2. The summed E-state index contributed by atoms with van der Waals surface area (Å²) in [5, 5.41) is 4.01. The van der Waals surface area contributed by atoms with Gasteiger partial charge in [-0.25, -0.2) is 10.8 Å². The zero-order valence-electron chi connectivity index (χ0n) is 10.3. The van der Waals surface area contributed by atoms with Crippen molar-refractivity contribution in [1.29, 1.82) is 0 Å². The molecule has 19 heavy (non-hydrogen) atoms. The van der Waals surface area contributed by atoms with Crippen LogP contribution >= 0.6 is 23.2 Å². The van der Waals surface area contributed by atoms with Gasteiger partial charge >= 0.3 is 0 Å². The maximum atomic E-state index is 6.08. The quantitative estimate of drug-likeness (QED) is 0.583. The standard InChI is InChI=1S/C12H14Cl2N4O/c1-7(5-8-3-2-4-19-8)16-11-9(13)6-10(14)12(17-11)18-15/h2-4,6-7H,5,15H2,1H3,(H2,16,17,18). The zero-order valence-corrected chi connectivity index (χ0v) is 11.8. The number of nitrogens with two attached hydrogens (primary N) is 1. The lowest BCUT2D eigenvalue weighted by Gasteiger charge is -2.15. The Bertz CT molecular complexity index is 545. The lowest BCUT2D eigenvalue weighted by molar-refractivity contribution is 0.497. The molecular weight excluding hydrogens is 287 g/mol. The van der Waals surface area contributed by atoms with Crippen LogP contribution in [0.5, 0.6) is 0 Å². The number of pyridine rings is 1. The van der Waals surface area contributed by atoms with Gasteiger partial charge in [-0.2, -0.15) is 0 Å². The van der Waals surface area contributed by atoms with Gasteiger partial charge in [-0.1, -0.05) is 23.2 Å². The van der Waals surface area contributed by atoms with E-state index in [0.717, 1.165) is 12.2 Å². The minimum atomic E-state index is 0.1000. The Morgan fingerprint density at radius 2 is 2.11 bits per heavy atom. The number of nitrogen functional groups attached to an aromatic ring is 1. The predicted octanol–water partition coefficient (Wildman–Crippen LogP) is 3.31. The van der Waals surface area contributed by atoms with Crippen molar-refractivity contribution < 1.29 is 4.42 Å². The van der Waals surface area contributed by atoms with Gasteiger partial charge in [0.25, 0.3) is 0 Å². The second-order valence-electron chi connectivity index (χ2n) is 4.12. The van der Waals surface area contributed by atoms with E-state index in [1.165, 1.54) is 0 Å². The number of nitrogens with one attached hydrogen (secondary N) is 2. The molecule has 0 saturated heterocycles. The number of aromatic nitrogens is 1. The Hall–Kier alpha value is -1.43. The summed E-state index contributed by atoms with van der Waals surface area (Å²) in [7, 11) is 0. The van der Waals surface area contributed by atoms with Crippen molar-refractivity contribution in [1.82, 2.24) is 4.98 Å². The molecule has 4 N–H and O–H groups in total. The third-order valence-corrected chi connectivity index (χ3v) is 3.11. The summed E-state index contributed by atoms with van der Waals surface area (Å²) < 4.78 is 5.29. The average Bonchev–Trinajstić information content (AvgIpc) is 2.85. The van der Waals surface area contributed by atoms with E-state index in [9.17, 15) is 0 Å². The van der Waals surface area contributed by atoms with Crippen molar-refractivity contribution in [2.75, 3.05) is 10.7 Å². The van der Waals surface area contributed by atoms with E-state index in [1.54, 1.807) is 12.3 Å². The minimum absolute atomic E-state index is 0.1000. The van der Waals surface area contributed by atoms with Crippen molar-refractivity contribution in [3.8, 4) is 0 Å².